The number of carbonyl (C=O) groups is 5. The van der Waals surface area contributed by atoms with E-state index < -0.39 is 35.9 Å². The second kappa shape index (κ2) is 20.0. The van der Waals surface area contributed by atoms with Crippen LogP contribution in [0.5, 0.6) is 5.75 Å². The third-order valence-corrected chi connectivity index (χ3v) is 13.8. The highest BCUT2D eigenvalue weighted by Gasteiger charge is 2.49. The van der Waals surface area contributed by atoms with Crippen molar-refractivity contribution >= 4 is 58.5 Å². The van der Waals surface area contributed by atoms with Crippen LogP contribution in [0.15, 0.2) is 97.5 Å². The molecule has 346 valence electrons. The van der Waals surface area contributed by atoms with Gasteiger partial charge < -0.3 is 25.0 Å². The Morgan fingerprint density at radius 2 is 1.54 bits per heavy atom. The van der Waals surface area contributed by atoms with Gasteiger partial charge in [0.15, 0.2) is 0 Å². The third kappa shape index (κ3) is 9.89. The number of aliphatic hydroxyl groups excluding tert-OH is 1. The summed E-state index contributed by atoms with van der Waals surface area (Å²) < 4.78 is 5.89. The summed E-state index contributed by atoms with van der Waals surface area (Å²) in [5.74, 6) is -1.14. The van der Waals surface area contributed by atoms with Crippen molar-refractivity contribution in [3.8, 4) is 28.1 Å². The number of pyridine rings is 1. The summed E-state index contributed by atoms with van der Waals surface area (Å²) in [6.07, 6.45) is 12.9. The molecule has 2 atom stereocenters. The standard InChI is InChI=1S/C51H53ClN8O7/c52-41-32-54-50(57-45(41)35-14-10-13-34(27-35)33-11-6-5-7-12-33)55-36-28-37(31-53-30-36)59-25-22-51(49(59)66)20-23-58(24-21-51)44(62)15-8-3-1-2-4-9-26-67-38-16-17-39-40(29-38)48(65)60(47(39)64)42-18-19-43(61)56-46(42)63/h5-7,10-14,16-17,27-32,42,49,66H,1-4,8-9,15,18-26H2,(H,54,55,57)(H,56,61,63). The fraction of sp³-hybridized carbons (Fsp3) is 0.373. The number of hydrogen-bond donors (Lipinski definition) is 3. The Hall–Kier alpha value is -6.71. The average Bonchev–Trinajstić information content (AvgIpc) is 3.79. The second-order valence-corrected chi connectivity index (χ2v) is 18.2. The molecule has 16 heteroatoms. The van der Waals surface area contributed by atoms with Crippen LogP contribution in [0.1, 0.15) is 97.8 Å². The number of amides is 5. The molecule has 0 bridgehead atoms. The lowest BCUT2D eigenvalue weighted by Gasteiger charge is -2.42. The van der Waals surface area contributed by atoms with Gasteiger partial charge in [-0.1, -0.05) is 85.8 Å². The highest BCUT2D eigenvalue weighted by molar-refractivity contribution is 6.33. The van der Waals surface area contributed by atoms with Gasteiger partial charge in [-0.2, -0.15) is 0 Å². The number of piperidine rings is 2. The lowest BCUT2D eigenvalue weighted by molar-refractivity contribution is -0.136. The quantitative estimate of drug-likeness (QED) is 0.0642. The topological polar surface area (TPSA) is 187 Å². The highest BCUT2D eigenvalue weighted by atomic mass is 35.5. The number of carbonyl (C=O) groups excluding carboxylic acids is 5. The Morgan fingerprint density at radius 3 is 2.34 bits per heavy atom. The molecule has 5 aromatic rings. The van der Waals surface area contributed by atoms with Crippen LogP contribution in [0.25, 0.3) is 22.4 Å². The second-order valence-electron chi connectivity index (χ2n) is 17.8. The smallest absolute Gasteiger partial charge is 0.262 e. The van der Waals surface area contributed by atoms with E-state index in [2.05, 4.69) is 44.9 Å². The molecule has 9 rings (SSSR count). The summed E-state index contributed by atoms with van der Waals surface area (Å²) in [4.78, 5) is 81.8. The van der Waals surface area contributed by atoms with Gasteiger partial charge in [0.25, 0.3) is 11.8 Å². The summed E-state index contributed by atoms with van der Waals surface area (Å²) in [6, 6.07) is 23.9. The van der Waals surface area contributed by atoms with Gasteiger partial charge in [-0.3, -0.25) is 39.2 Å². The van der Waals surface area contributed by atoms with Crippen LogP contribution in [0, 0.1) is 5.41 Å². The van der Waals surface area contributed by atoms with Crippen molar-refractivity contribution in [3.63, 3.8) is 0 Å². The molecule has 3 fully saturated rings. The van der Waals surface area contributed by atoms with E-state index in [-0.39, 0.29) is 35.3 Å². The minimum absolute atomic E-state index is 0.0675. The first-order valence-corrected chi connectivity index (χ1v) is 23.6. The first-order chi connectivity index (χ1) is 32.6. The minimum atomic E-state index is -1.01. The van der Waals surface area contributed by atoms with Gasteiger partial charge in [-0.15, -0.1) is 0 Å². The number of likely N-dealkylation sites (tertiary alicyclic amines) is 1. The summed E-state index contributed by atoms with van der Waals surface area (Å²) in [5.41, 5.74) is 5.23. The van der Waals surface area contributed by atoms with Gasteiger partial charge in [0.05, 0.1) is 58.4 Å². The van der Waals surface area contributed by atoms with Crippen molar-refractivity contribution in [2.24, 2.45) is 5.41 Å². The van der Waals surface area contributed by atoms with Gasteiger partial charge in [-0.25, -0.2) is 9.97 Å². The van der Waals surface area contributed by atoms with Gasteiger partial charge in [0.1, 0.15) is 18.0 Å². The van der Waals surface area contributed by atoms with E-state index in [0.29, 0.717) is 60.8 Å². The molecule has 0 radical (unpaired) electrons. The molecule has 15 nitrogen and oxygen atoms in total. The number of fused-ring (bicyclic) bond motifs is 1. The summed E-state index contributed by atoms with van der Waals surface area (Å²) >= 11 is 6.61. The first kappa shape index (κ1) is 45.4. The van der Waals surface area contributed by atoms with Crippen LogP contribution < -0.4 is 20.3 Å². The first-order valence-electron chi connectivity index (χ1n) is 23.2. The Kier molecular flexibility index (Phi) is 13.6. The molecule has 1 spiro atoms. The Morgan fingerprint density at radius 1 is 0.806 bits per heavy atom. The number of aliphatic hydroxyl groups is 1. The number of benzene rings is 3. The number of rotatable bonds is 16. The lowest BCUT2D eigenvalue weighted by atomic mass is 9.76. The van der Waals surface area contributed by atoms with E-state index in [9.17, 15) is 29.1 Å². The number of nitrogens with one attached hydrogen (secondary N) is 2. The minimum Gasteiger partial charge on any atom is -0.494 e. The van der Waals surface area contributed by atoms with Gasteiger partial charge >= 0.3 is 0 Å². The van der Waals surface area contributed by atoms with Crippen molar-refractivity contribution in [3.05, 3.63) is 114 Å². The fourth-order valence-electron chi connectivity index (χ4n) is 9.77. The predicted octanol–water partition coefficient (Wildman–Crippen LogP) is 7.95. The maximum atomic E-state index is 13.2. The number of halogens is 1. The normalized spacial score (nSPS) is 18.9. The van der Waals surface area contributed by atoms with Crippen LogP contribution in [-0.2, 0) is 14.4 Å². The van der Waals surface area contributed by atoms with Crippen LogP contribution in [-0.4, -0.2) is 97.9 Å². The largest absolute Gasteiger partial charge is 0.494 e. The van der Waals surface area contributed by atoms with Crippen molar-refractivity contribution in [1.29, 1.82) is 0 Å². The van der Waals surface area contributed by atoms with Crippen molar-refractivity contribution in [2.75, 3.05) is 36.5 Å². The molecule has 67 heavy (non-hydrogen) atoms. The van der Waals surface area contributed by atoms with Crippen LogP contribution in [0.3, 0.4) is 0 Å². The number of imide groups is 2. The van der Waals surface area contributed by atoms with Crippen molar-refractivity contribution < 1.29 is 33.8 Å². The molecule has 6 heterocycles. The lowest BCUT2D eigenvalue weighted by Crippen LogP contribution is -2.54. The van der Waals surface area contributed by atoms with Crippen molar-refractivity contribution in [1.82, 2.24) is 30.1 Å². The van der Waals surface area contributed by atoms with Gasteiger partial charge in [0.2, 0.25) is 23.7 Å². The number of anilines is 3. The molecule has 3 saturated heterocycles. The number of nitrogens with zero attached hydrogens (tertiary/aromatic N) is 6. The Balaban J connectivity index is 0.680. The molecular formula is C51H53ClN8O7. The van der Waals surface area contributed by atoms with Crippen molar-refractivity contribution in [2.45, 2.75) is 89.3 Å². The molecule has 5 amide bonds. The predicted molar refractivity (Wildman–Crippen MR) is 253 cm³/mol. The molecule has 3 N–H and O–H groups in total. The van der Waals surface area contributed by atoms with Crippen LogP contribution in [0.2, 0.25) is 5.02 Å². The third-order valence-electron chi connectivity index (χ3n) is 13.6. The molecule has 4 aliphatic heterocycles. The van der Waals surface area contributed by atoms with E-state index in [1.54, 1.807) is 36.8 Å². The summed E-state index contributed by atoms with van der Waals surface area (Å²) in [5, 5.41) is 17.7. The van der Waals surface area contributed by atoms with Gasteiger partial charge in [-0.05, 0) is 80.0 Å². The molecule has 4 aliphatic rings. The molecule has 2 aromatic heterocycles. The molecular weight excluding hydrogens is 872 g/mol. The van der Waals surface area contributed by atoms with E-state index in [1.165, 1.54) is 0 Å². The SMILES string of the molecule is O=C1CCC(N2C(=O)c3ccc(OCCCCCCCCC(=O)N4CCC5(CC4)CCN(c4cncc(Nc6ncc(Cl)c(-c7cccc(-c8ccccc8)c7)n6)c4)C5O)cc3C2=O)C(=O)N1. The Labute approximate surface area is 393 Å². The number of ether oxygens (including phenoxy) is 1. The maximum Gasteiger partial charge on any atom is 0.262 e. The summed E-state index contributed by atoms with van der Waals surface area (Å²) in [6.45, 7) is 2.38. The van der Waals surface area contributed by atoms with Crippen LogP contribution in [0.4, 0.5) is 17.3 Å². The zero-order valence-electron chi connectivity index (χ0n) is 37.2. The number of unbranched alkanes of at least 4 members (excludes halogenated alkanes) is 5. The monoisotopic (exact) mass is 924 g/mol. The molecule has 2 unspecified atom stereocenters. The molecule has 3 aromatic carbocycles. The van der Waals surface area contributed by atoms with Crippen LogP contribution >= 0.6 is 11.6 Å². The maximum absolute atomic E-state index is 13.2. The van der Waals surface area contributed by atoms with Gasteiger partial charge in [0, 0.05) is 43.5 Å². The molecule has 0 aliphatic carbocycles. The van der Waals surface area contributed by atoms with E-state index in [1.807, 2.05) is 46.2 Å². The highest BCUT2D eigenvalue weighted by Crippen LogP contribution is 2.46. The number of aromatic nitrogens is 3. The van der Waals surface area contributed by atoms with E-state index >= 15 is 0 Å². The fourth-order valence-corrected chi connectivity index (χ4v) is 9.97. The zero-order valence-corrected chi connectivity index (χ0v) is 37.9. The molecule has 0 saturated carbocycles. The van der Waals surface area contributed by atoms with E-state index in [4.69, 9.17) is 21.3 Å². The number of hydrogen-bond acceptors (Lipinski definition) is 12. The van der Waals surface area contributed by atoms with E-state index in [0.717, 1.165) is 85.1 Å². The average molecular weight is 925 g/mol. The zero-order chi connectivity index (χ0) is 46.5. The Bertz CT molecular complexity index is 2680. The summed E-state index contributed by atoms with van der Waals surface area (Å²) in [7, 11) is 0.